The summed E-state index contributed by atoms with van der Waals surface area (Å²) >= 11 is 6.04. The van der Waals surface area contributed by atoms with Crippen molar-refractivity contribution >= 4 is 28.9 Å². The minimum Gasteiger partial charge on any atom is -0.372 e. The van der Waals surface area contributed by atoms with Crippen LogP contribution in [0.5, 0.6) is 0 Å². The molecule has 1 aliphatic heterocycles. The number of nitrogens with one attached hydrogen (secondary N) is 1. The third-order valence-electron chi connectivity index (χ3n) is 4.53. The van der Waals surface area contributed by atoms with Crippen LogP contribution in [0.15, 0.2) is 42.5 Å². The van der Waals surface area contributed by atoms with Crippen molar-refractivity contribution < 1.29 is 9.18 Å². The van der Waals surface area contributed by atoms with E-state index >= 15 is 0 Å². The van der Waals surface area contributed by atoms with Crippen LogP contribution >= 0.6 is 11.6 Å². The van der Waals surface area contributed by atoms with Crippen molar-refractivity contribution in [1.29, 1.82) is 0 Å². The summed E-state index contributed by atoms with van der Waals surface area (Å²) in [5, 5.41) is 3.25. The maximum atomic E-state index is 13.8. The van der Waals surface area contributed by atoms with E-state index in [1.54, 1.807) is 24.1 Å². The lowest BCUT2D eigenvalue weighted by Gasteiger charge is -2.19. The normalized spacial score (nSPS) is 14.1. The molecule has 0 unspecified atom stereocenters. The highest BCUT2D eigenvalue weighted by atomic mass is 35.5. The molecule has 0 bridgehead atoms. The molecule has 1 amide bonds. The van der Waals surface area contributed by atoms with Crippen LogP contribution in [-0.4, -0.2) is 37.5 Å². The Balaban J connectivity index is 1.53. The maximum absolute atomic E-state index is 13.8. The van der Waals surface area contributed by atoms with Crippen LogP contribution in [0.25, 0.3) is 0 Å². The summed E-state index contributed by atoms with van der Waals surface area (Å²) in [7, 11) is 1.76. The first-order chi connectivity index (χ1) is 12.5. The van der Waals surface area contributed by atoms with Crippen LogP contribution in [0.2, 0.25) is 5.02 Å². The summed E-state index contributed by atoms with van der Waals surface area (Å²) in [6, 6.07) is 12.5. The maximum Gasteiger partial charge on any atom is 0.238 e. The van der Waals surface area contributed by atoms with Gasteiger partial charge in [-0.2, -0.15) is 0 Å². The second kappa shape index (κ2) is 8.52. The number of rotatable bonds is 6. The largest absolute Gasteiger partial charge is 0.372 e. The number of likely N-dealkylation sites (N-methyl/N-ethyl adjacent to an activating group) is 1. The second-order valence-electron chi connectivity index (χ2n) is 6.66. The lowest BCUT2D eigenvalue weighted by molar-refractivity contribution is -0.117. The fourth-order valence-electron chi connectivity index (χ4n) is 3.19. The molecular formula is C20H23ClFN3O. The monoisotopic (exact) mass is 375 g/mol. The number of hydrogen-bond acceptors (Lipinski definition) is 3. The first kappa shape index (κ1) is 18.7. The van der Waals surface area contributed by atoms with Crippen LogP contribution in [-0.2, 0) is 11.3 Å². The third kappa shape index (κ3) is 4.74. The third-order valence-corrected chi connectivity index (χ3v) is 4.88. The molecule has 26 heavy (non-hydrogen) atoms. The number of carbonyl (C=O) groups excluding carboxylic acids is 1. The summed E-state index contributed by atoms with van der Waals surface area (Å²) in [4.78, 5) is 16.3. The van der Waals surface area contributed by atoms with Crippen LogP contribution < -0.4 is 10.2 Å². The molecule has 0 radical (unpaired) electrons. The van der Waals surface area contributed by atoms with Crippen molar-refractivity contribution in [1.82, 2.24) is 4.90 Å². The Bertz CT molecular complexity index is 740. The van der Waals surface area contributed by atoms with Gasteiger partial charge >= 0.3 is 0 Å². The summed E-state index contributed by atoms with van der Waals surface area (Å²) in [5.74, 6) is -0.504. The first-order valence-electron chi connectivity index (χ1n) is 8.79. The Morgan fingerprint density at radius 2 is 1.88 bits per heavy atom. The van der Waals surface area contributed by atoms with E-state index in [1.807, 2.05) is 24.3 Å². The number of benzene rings is 2. The Hall–Kier alpha value is -2.11. The highest BCUT2D eigenvalue weighted by Crippen LogP contribution is 2.22. The van der Waals surface area contributed by atoms with Crippen molar-refractivity contribution in [2.24, 2.45) is 0 Å². The molecule has 4 nitrogen and oxygen atoms in total. The minimum absolute atomic E-state index is 0.145. The standard InChI is InChI=1S/C20H23ClFN3O/c1-24(13-17-18(21)5-4-6-19(17)22)14-20(26)23-15-7-9-16(10-8-15)25-11-2-3-12-25/h4-10H,2-3,11-14H2,1H3,(H,23,26). The van der Waals surface area contributed by atoms with Gasteiger partial charge in [0, 0.05) is 41.6 Å². The zero-order valence-corrected chi connectivity index (χ0v) is 15.6. The number of halogens is 2. The molecule has 1 heterocycles. The molecule has 0 atom stereocenters. The lowest BCUT2D eigenvalue weighted by atomic mass is 10.2. The van der Waals surface area contributed by atoms with Gasteiger partial charge in [-0.05, 0) is 56.3 Å². The number of hydrogen-bond donors (Lipinski definition) is 1. The molecule has 0 spiro atoms. The molecule has 3 rings (SSSR count). The van der Waals surface area contributed by atoms with Gasteiger partial charge in [-0.3, -0.25) is 9.69 Å². The summed E-state index contributed by atoms with van der Waals surface area (Å²) in [5.41, 5.74) is 2.35. The summed E-state index contributed by atoms with van der Waals surface area (Å²) in [6.07, 6.45) is 2.47. The van der Waals surface area contributed by atoms with Crippen molar-refractivity contribution in [2.45, 2.75) is 19.4 Å². The van der Waals surface area contributed by atoms with Gasteiger partial charge in [0.1, 0.15) is 5.82 Å². The minimum atomic E-state index is -0.359. The van der Waals surface area contributed by atoms with E-state index in [0.29, 0.717) is 10.6 Å². The zero-order valence-electron chi connectivity index (χ0n) is 14.8. The van der Waals surface area contributed by atoms with E-state index in [9.17, 15) is 9.18 Å². The van der Waals surface area contributed by atoms with E-state index in [4.69, 9.17) is 11.6 Å². The Kier molecular flexibility index (Phi) is 6.12. The Morgan fingerprint density at radius 3 is 2.54 bits per heavy atom. The average molecular weight is 376 g/mol. The van der Waals surface area contributed by atoms with Crippen molar-refractivity contribution in [3.8, 4) is 0 Å². The van der Waals surface area contributed by atoms with Gasteiger partial charge < -0.3 is 10.2 Å². The molecule has 1 aliphatic rings. The summed E-state index contributed by atoms with van der Waals surface area (Å²) in [6.45, 7) is 2.61. The molecule has 1 saturated heterocycles. The SMILES string of the molecule is CN(CC(=O)Nc1ccc(N2CCCC2)cc1)Cc1c(F)cccc1Cl. The van der Waals surface area contributed by atoms with Gasteiger partial charge in [0.25, 0.3) is 0 Å². The van der Waals surface area contributed by atoms with Gasteiger partial charge in [-0.25, -0.2) is 4.39 Å². The Labute approximate surface area is 158 Å². The Morgan fingerprint density at radius 1 is 1.19 bits per heavy atom. The highest BCUT2D eigenvalue weighted by molar-refractivity contribution is 6.31. The molecule has 0 saturated carbocycles. The molecule has 1 N–H and O–H groups in total. The number of amides is 1. The smallest absolute Gasteiger partial charge is 0.238 e. The van der Waals surface area contributed by atoms with Crippen LogP contribution in [0, 0.1) is 5.82 Å². The van der Waals surface area contributed by atoms with Crippen molar-refractivity contribution in [3.05, 3.63) is 58.9 Å². The molecule has 6 heteroatoms. The van der Waals surface area contributed by atoms with E-state index in [1.165, 1.54) is 24.6 Å². The predicted molar refractivity (Wildman–Crippen MR) is 104 cm³/mol. The lowest BCUT2D eigenvalue weighted by Crippen LogP contribution is -2.30. The number of nitrogens with zero attached hydrogens (tertiary/aromatic N) is 2. The quantitative estimate of drug-likeness (QED) is 0.823. The van der Waals surface area contributed by atoms with Gasteiger partial charge in [-0.1, -0.05) is 17.7 Å². The topological polar surface area (TPSA) is 35.6 Å². The summed E-state index contributed by atoms with van der Waals surface area (Å²) < 4.78 is 13.8. The van der Waals surface area contributed by atoms with E-state index < -0.39 is 0 Å². The van der Waals surface area contributed by atoms with Crippen LogP contribution in [0.1, 0.15) is 18.4 Å². The molecular weight excluding hydrogens is 353 g/mol. The molecule has 2 aromatic rings. The molecule has 138 valence electrons. The molecule has 2 aromatic carbocycles. The van der Waals surface area contributed by atoms with Gasteiger partial charge in [0.05, 0.1) is 6.54 Å². The van der Waals surface area contributed by atoms with Gasteiger partial charge in [0.2, 0.25) is 5.91 Å². The van der Waals surface area contributed by atoms with Crippen molar-refractivity contribution in [3.63, 3.8) is 0 Å². The molecule has 0 aliphatic carbocycles. The average Bonchev–Trinajstić information content (AvgIpc) is 3.13. The fourth-order valence-corrected chi connectivity index (χ4v) is 3.41. The predicted octanol–water partition coefficient (Wildman–Crippen LogP) is 4.15. The van der Waals surface area contributed by atoms with Gasteiger partial charge in [-0.15, -0.1) is 0 Å². The van der Waals surface area contributed by atoms with Gasteiger partial charge in [0.15, 0.2) is 0 Å². The van der Waals surface area contributed by atoms with E-state index in [0.717, 1.165) is 18.8 Å². The highest BCUT2D eigenvalue weighted by Gasteiger charge is 2.14. The number of carbonyl (C=O) groups is 1. The van der Waals surface area contributed by atoms with Crippen molar-refractivity contribution in [2.75, 3.05) is 36.9 Å². The van der Waals surface area contributed by atoms with E-state index in [2.05, 4.69) is 10.2 Å². The second-order valence-corrected chi connectivity index (χ2v) is 7.07. The fraction of sp³-hybridized carbons (Fsp3) is 0.350. The molecule has 1 fully saturated rings. The first-order valence-corrected chi connectivity index (χ1v) is 9.17. The van der Waals surface area contributed by atoms with Crippen LogP contribution in [0.4, 0.5) is 15.8 Å². The van der Waals surface area contributed by atoms with Crippen LogP contribution in [0.3, 0.4) is 0 Å². The molecule has 0 aromatic heterocycles. The number of anilines is 2. The van der Waals surface area contributed by atoms with E-state index in [-0.39, 0.29) is 24.8 Å². The zero-order chi connectivity index (χ0) is 18.5.